The summed E-state index contributed by atoms with van der Waals surface area (Å²) < 4.78 is 5.41. The van der Waals surface area contributed by atoms with Crippen molar-refractivity contribution in [2.45, 2.75) is 39.3 Å². The summed E-state index contributed by atoms with van der Waals surface area (Å²) in [6.07, 6.45) is 4.63. The van der Waals surface area contributed by atoms with Crippen LogP contribution in [-0.2, 0) is 30.7 Å². The van der Waals surface area contributed by atoms with E-state index in [0.29, 0.717) is 6.54 Å². The Morgan fingerprint density at radius 3 is 2.96 bits per heavy atom. The third-order valence-corrected chi connectivity index (χ3v) is 5.93. The van der Waals surface area contributed by atoms with Crippen LogP contribution >= 0.6 is 11.3 Å². The first-order valence-corrected chi connectivity index (χ1v) is 10.1. The van der Waals surface area contributed by atoms with Gasteiger partial charge in [0.1, 0.15) is 5.82 Å². The fourth-order valence-electron chi connectivity index (χ4n) is 3.51. The molecule has 7 nitrogen and oxygen atoms in total. The van der Waals surface area contributed by atoms with E-state index < -0.39 is 0 Å². The van der Waals surface area contributed by atoms with Crippen molar-refractivity contribution in [3.05, 3.63) is 38.5 Å². The highest BCUT2D eigenvalue weighted by molar-refractivity contribution is 7.15. The van der Waals surface area contributed by atoms with E-state index in [4.69, 9.17) is 4.74 Å². The minimum atomic E-state index is 0.0291. The number of nitrogens with zero attached hydrogens (tertiary/aromatic N) is 4. The minimum absolute atomic E-state index is 0.0291. The molecule has 0 aliphatic carbocycles. The van der Waals surface area contributed by atoms with Crippen molar-refractivity contribution in [2.24, 2.45) is 0 Å². The number of aryl methyl sites for hydroxylation is 1. The molecular weight excluding hydrogens is 350 g/mol. The molecule has 0 aromatic carbocycles. The largest absolute Gasteiger partial charge is 0.378 e. The zero-order valence-electron chi connectivity index (χ0n) is 15.2. The number of morpholine rings is 1. The normalized spacial score (nSPS) is 18.1. The van der Waals surface area contributed by atoms with Crippen LogP contribution in [0.4, 0.5) is 5.13 Å². The maximum absolute atomic E-state index is 12.4. The lowest BCUT2D eigenvalue weighted by atomic mass is 10.1. The highest BCUT2D eigenvalue weighted by Gasteiger charge is 2.22. The lowest BCUT2D eigenvalue weighted by Gasteiger charge is -2.27. The maximum atomic E-state index is 12.4. The summed E-state index contributed by atoms with van der Waals surface area (Å²) in [6.45, 7) is 7.88. The lowest BCUT2D eigenvalue weighted by Crippen LogP contribution is -2.36. The van der Waals surface area contributed by atoms with Crippen molar-refractivity contribution in [1.29, 1.82) is 0 Å². The van der Waals surface area contributed by atoms with Gasteiger partial charge in [-0.05, 0) is 6.42 Å². The van der Waals surface area contributed by atoms with Gasteiger partial charge in [0.15, 0.2) is 5.13 Å². The minimum Gasteiger partial charge on any atom is -0.378 e. The number of anilines is 1. The van der Waals surface area contributed by atoms with Gasteiger partial charge in [-0.25, -0.2) is 9.97 Å². The van der Waals surface area contributed by atoms with E-state index in [-0.39, 0.29) is 5.56 Å². The van der Waals surface area contributed by atoms with E-state index >= 15 is 0 Å². The van der Waals surface area contributed by atoms with E-state index in [2.05, 4.69) is 31.7 Å². The number of hydrogen-bond donors (Lipinski definition) is 1. The second-order valence-electron chi connectivity index (χ2n) is 6.86. The van der Waals surface area contributed by atoms with Crippen LogP contribution in [0.5, 0.6) is 0 Å². The Kier molecular flexibility index (Phi) is 5.33. The number of nitrogens with one attached hydrogen (secondary N) is 1. The molecule has 1 saturated heterocycles. The van der Waals surface area contributed by atoms with Crippen LogP contribution < -0.4 is 10.5 Å². The Hall–Kier alpha value is -1.77. The quantitative estimate of drug-likeness (QED) is 0.855. The van der Waals surface area contributed by atoms with Gasteiger partial charge in [-0.3, -0.25) is 9.69 Å². The number of ether oxygens (including phenoxy) is 1. The summed E-state index contributed by atoms with van der Waals surface area (Å²) in [6, 6.07) is 0. The first-order valence-electron chi connectivity index (χ1n) is 9.33. The van der Waals surface area contributed by atoms with Gasteiger partial charge in [-0.2, -0.15) is 0 Å². The molecule has 8 heteroatoms. The summed E-state index contributed by atoms with van der Waals surface area (Å²) in [5.41, 5.74) is 1.84. The average Bonchev–Trinajstić information content (AvgIpc) is 3.12. The molecule has 0 bridgehead atoms. The van der Waals surface area contributed by atoms with Gasteiger partial charge in [-0.1, -0.05) is 6.92 Å². The first kappa shape index (κ1) is 17.6. The van der Waals surface area contributed by atoms with Crippen LogP contribution in [0.2, 0.25) is 0 Å². The van der Waals surface area contributed by atoms with Gasteiger partial charge in [0.25, 0.3) is 5.56 Å². The lowest BCUT2D eigenvalue weighted by molar-refractivity contribution is 0.122. The topological polar surface area (TPSA) is 74.4 Å². The number of H-pyrrole nitrogens is 1. The van der Waals surface area contributed by atoms with Crippen LogP contribution in [-0.4, -0.2) is 52.7 Å². The van der Waals surface area contributed by atoms with Crippen molar-refractivity contribution in [3.8, 4) is 0 Å². The van der Waals surface area contributed by atoms with Gasteiger partial charge in [0, 0.05) is 56.6 Å². The van der Waals surface area contributed by atoms with Gasteiger partial charge < -0.3 is 14.6 Å². The first-order chi connectivity index (χ1) is 12.7. The molecule has 0 atom stereocenters. The maximum Gasteiger partial charge on any atom is 0.255 e. The summed E-state index contributed by atoms with van der Waals surface area (Å²) in [4.78, 5) is 30.4. The van der Waals surface area contributed by atoms with E-state index in [1.54, 1.807) is 11.3 Å². The second kappa shape index (κ2) is 7.85. The summed E-state index contributed by atoms with van der Waals surface area (Å²) in [5, 5.41) is 1.07. The molecule has 4 heterocycles. The fraction of sp³-hybridized carbons (Fsp3) is 0.611. The molecule has 0 unspecified atom stereocenters. The molecule has 2 aromatic rings. The Morgan fingerprint density at radius 1 is 1.31 bits per heavy atom. The van der Waals surface area contributed by atoms with E-state index in [9.17, 15) is 4.79 Å². The molecule has 4 rings (SSSR count). The zero-order chi connectivity index (χ0) is 17.9. The third kappa shape index (κ3) is 3.82. The Labute approximate surface area is 157 Å². The van der Waals surface area contributed by atoms with Crippen LogP contribution in [0, 0.1) is 0 Å². The highest BCUT2D eigenvalue weighted by Crippen LogP contribution is 2.25. The molecule has 0 spiro atoms. The van der Waals surface area contributed by atoms with Crippen LogP contribution in [0.15, 0.2) is 11.0 Å². The van der Waals surface area contributed by atoms with Gasteiger partial charge in [-0.15, -0.1) is 11.3 Å². The molecule has 0 saturated carbocycles. The predicted molar refractivity (Wildman–Crippen MR) is 102 cm³/mol. The number of thiazole rings is 1. The second-order valence-corrected chi connectivity index (χ2v) is 7.95. The molecule has 1 N–H and O–H groups in total. The predicted octanol–water partition coefficient (Wildman–Crippen LogP) is 1.57. The Balaban J connectivity index is 1.43. The third-order valence-electron chi connectivity index (χ3n) is 4.89. The number of aromatic amines is 1. The van der Waals surface area contributed by atoms with E-state index in [1.165, 1.54) is 4.88 Å². The molecule has 0 amide bonds. The fourth-order valence-corrected chi connectivity index (χ4v) is 4.52. The average molecular weight is 375 g/mol. The Morgan fingerprint density at radius 2 is 2.15 bits per heavy atom. The number of hydrogen-bond acceptors (Lipinski definition) is 7. The van der Waals surface area contributed by atoms with E-state index in [1.807, 2.05) is 6.20 Å². The monoisotopic (exact) mass is 375 g/mol. The smallest absolute Gasteiger partial charge is 0.255 e. The molecule has 2 aliphatic heterocycles. The van der Waals surface area contributed by atoms with Crippen molar-refractivity contribution >= 4 is 16.5 Å². The van der Waals surface area contributed by atoms with Crippen LogP contribution in [0.1, 0.15) is 35.3 Å². The van der Waals surface area contributed by atoms with Gasteiger partial charge >= 0.3 is 0 Å². The van der Waals surface area contributed by atoms with Crippen molar-refractivity contribution in [2.75, 3.05) is 37.7 Å². The summed E-state index contributed by atoms with van der Waals surface area (Å²) in [5.74, 6) is 0.822. The number of fused-ring (bicyclic) bond motifs is 1. The molecular formula is C18H25N5O2S. The van der Waals surface area contributed by atoms with Crippen molar-refractivity contribution in [1.82, 2.24) is 19.9 Å². The number of rotatable bonds is 5. The molecule has 26 heavy (non-hydrogen) atoms. The zero-order valence-corrected chi connectivity index (χ0v) is 16.0. The molecule has 2 aromatic heterocycles. The van der Waals surface area contributed by atoms with Crippen molar-refractivity contribution in [3.63, 3.8) is 0 Å². The SMILES string of the molecule is CCCc1nc2c(c(=O)[nH]1)CN(Cc1cnc(N3CCOCC3)s1)CC2. The highest BCUT2D eigenvalue weighted by atomic mass is 32.1. The number of aromatic nitrogens is 3. The molecule has 140 valence electrons. The van der Waals surface area contributed by atoms with Gasteiger partial charge in [0.05, 0.1) is 24.5 Å². The van der Waals surface area contributed by atoms with Crippen LogP contribution in [0.25, 0.3) is 0 Å². The molecule has 0 radical (unpaired) electrons. The van der Waals surface area contributed by atoms with Gasteiger partial charge in [0.2, 0.25) is 0 Å². The standard InChI is InChI=1S/C18H25N5O2S/c1-2-3-16-20-15-4-5-22(12-14(15)17(24)21-16)11-13-10-19-18(26-13)23-6-8-25-9-7-23/h10H,2-9,11-12H2,1H3,(H,20,21,24). The van der Waals surface area contributed by atoms with Crippen molar-refractivity contribution < 1.29 is 4.74 Å². The summed E-state index contributed by atoms with van der Waals surface area (Å²) >= 11 is 1.74. The molecule has 2 aliphatic rings. The van der Waals surface area contributed by atoms with Crippen LogP contribution in [0.3, 0.4) is 0 Å². The Bertz CT molecular complexity index is 812. The van der Waals surface area contributed by atoms with E-state index in [0.717, 1.165) is 80.9 Å². The summed E-state index contributed by atoms with van der Waals surface area (Å²) in [7, 11) is 0. The molecule has 1 fully saturated rings.